The maximum Gasteiger partial charge on any atom is 0.257 e. The molecule has 1 saturated heterocycles. The molecule has 1 N–H and O–H groups in total. The quantitative estimate of drug-likeness (QED) is 0.909. The predicted octanol–water partition coefficient (Wildman–Crippen LogP) is 1.34. The zero-order chi connectivity index (χ0) is 17.6. The summed E-state index contributed by atoms with van der Waals surface area (Å²) in [4.78, 5) is 28.6. The molecule has 0 aliphatic carbocycles. The number of nitrogens with one attached hydrogen (secondary N) is 1. The third kappa shape index (κ3) is 4.17. The van der Waals surface area contributed by atoms with E-state index in [4.69, 9.17) is 4.74 Å². The van der Waals surface area contributed by atoms with Gasteiger partial charge in [-0.1, -0.05) is 12.1 Å². The molecule has 0 spiro atoms. The SMILES string of the molecule is COc1cccc(CC(=O)N2CCCN(C(=O)c3cn[nH]c3)CC2)c1. The highest BCUT2D eigenvalue weighted by atomic mass is 16.5. The summed E-state index contributed by atoms with van der Waals surface area (Å²) in [6, 6.07) is 7.55. The molecule has 2 amide bonds. The van der Waals surface area contributed by atoms with Crippen LogP contribution in [0.15, 0.2) is 36.7 Å². The van der Waals surface area contributed by atoms with Gasteiger partial charge in [0.05, 0.1) is 25.3 Å². The van der Waals surface area contributed by atoms with Crippen molar-refractivity contribution in [2.75, 3.05) is 33.3 Å². The van der Waals surface area contributed by atoms with Crippen molar-refractivity contribution < 1.29 is 14.3 Å². The van der Waals surface area contributed by atoms with Gasteiger partial charge in [0.25, 0.3) is 5.91 Å². The molecule has 1 aromatic heterocycles. The van der Waals surface area contributed by atoms with Gasteiger partial charge in [-0.3, -0.25) is 14.7 Å². The standard InChI is InChI=1S/C18H22N4O3/c1-25-16-5-2-4-14(10-16)11-17(23)21-6-3-7-22(9-8-21)18(24)15-12-19-20-13-15/h2,4-5,10,12-13H,3,6-9,11H2,1H3,(H,19,20). The first-order valence-corrected chi connectivity index (χ1v) is 8.36. The van der Waals surface area contributed by atoms with Crippen molar-refractivity contribution >= 4 is 11.8 Å². The minimum Gasteiger partial charge on any atom is -0.497 e. The van der Waals surface area contributed by atoms with Crippen molar-refractivity contribution in [1.82, 2.24) is 20.0 Å². The Morgan fingerprint density at radius 3 is 2.76 bits per heavy atom. The van der Waals surface area contributed by atoms with E-state index in [9.17, 15) is 9.59 Å². The summed E-state index contributed by atoms with van der Waals surface area (Å²) in [6.07, 6.45) is 4.23. The number of nitrogens with zero attached hydrogens (tertiary/aromatic N) is 3. The molecule has 3 rings (SSSR count). The monoisotopic (exact) mass is 342 g/mol. The molecule has 25 heavy (non-hydrogen) atoms. The van der Waals surface area contributed by atoms with Crippen LogP contribution in [0.25, 0.3) is 0 Å². The minimum atomic E-state index is -0.0455. The van der Waals surface area contributed by atoms with Crippen LogP contribution < -0.4 is 4.74 Å². The molecule has 1 fully saturated rings. The number of rotatable bonds is 4. The highest BCUT2D eigenvalue weighted by molar-refractivity contribution is 5.93. The molecule has 1 aromatic carbocycles. The van der Waals surface area contributed by atoms with Crippen LogP contribution in [0, 0.1) is 0 Å². The molecule has 0 atom stereocenters. The van der Waals surface area contributed by atoms with Gasteiger partial charge < -0.3 is 14.5 Å². The number of carbonyl (C=O) groups excluding carboxylic acids is 2. The lowest BCUT2D eigenvalue weighted by molar-refractivity contribution is -0.130. The van der Waals surface area contributed by atoms with Gasteiger partial charge in [-0.2, -0.15) is 5.10 Å². The Morgan fingerprint density at radius 2 is 2.00 bits per heavy atom. The summed E-state index contributed by atoms with van der Waals surface area (Å²) < 4.78 is 5.20. The lowest BCUT2D eigenvalue weighted by atomic mass is 10.1. The van der Waals surface area contributed by atoms with Crippen molar-refractivity contribution in [2.24, 2.45) is 0 Å². The molecule has 0 unspecified atom stereocenters. The van der Waals surface area contributed by atoms with Gasteiger partial charge in [-0.05, 0) is 24.1 Å². The highest BCUT2D eigenvalue weighted by Gasteiger charge is 2.23. The topological polar surface area (TPSA) is 78.5 Å². The average molecular weight is 342 g/mol. The number of hydrogen-bond donors (Lipinski definition) is 1. The average Bonchev–Trinajstić information content (AvgIpc) is 3.05. The zero-order valence-electron chi connectivity index (χ0n) is 14.3. The Kier molecular flexibility index (Phi) is 5.33. The van der Waals surface area contributed by atoms with Crippen molar-refractivity contribution in [1.29, 1.82) is 0 Å². The molecule has 0 bridgehead atoms. The second-order valence-electron chi connectivity index (χ2n) is 6.04. The number of hydrogen-bond acceptors (Lipinski definition) is 4. The summed E-state index contributed by atoms with van der Waals surface area (Å²) in [7, 11) is 1.61. The fraction of sp³-hybridized carbons (Fsp3) is 0.389. The van der Waals surface area contributed by atoms with E-state index < -0.39 is 0 Å². The third-order valence-corrected chi connectivity index (χ3v) is 4.37. The van der Waals surface area contributed by atoms with Crippen LogP contribution in [-0.4, -0.2) is 65.1 Å². The van der Waals surface area contributed by atoms with Crippen LogP contribution in [0.1, 0.15) is 22.3 Å². The molecular formula is C18H22N4O3. The number of aromatic amines is 1. The first-order valence-electron chi connectivity index (χ1n) is 8.36. The van der Waals surface area contributed by atoms with Gasteiger partial charge in [0.1, 0.15) is 5.75 Å². The largest absolute Gasteiger partial charge is 0.497 e. The molecule has 7 heteroatoms. The van der Waals surface area contributed by atoms with Crippen LogP contribution in [0.5, 0.6) is 5.75 Å². The number of aromatic nitrogens is 2. The second kappa shape index (κ2) is 7.83. The van der Waals surface area contributed by atoms with Gasteiger partial charge in [0, 0.05) is 32.4 Å². The van der Waals surface area contributed by atoms with Crippen LogP contribution in [0.4, 0.5) is 0 Å². The zero-order valence-corrected chi connectivity index (χ0v) is 14.3. The Labute approximate surface area is 146 Å². The summed E-state index contributed by atoms with van der Waals surface area (Å²) in [5, 5.41) is 6.48. The van der Waals surface area contributed by atoms with E-state index in [1.807, 2.05) is 29.2 Å². The molecule has 1 aliphatic heterocycles. The molecule has 0 radical (unpaired) electrons. The number of ether oxygens (including phenoxy) is 1. The number of carbonyl (C=O) groups is 2. The smallest absolute Gasteiger partial charge is 0.257 e. The number of methoxy groups -OCH3 is 1. The second-order valence-corrected chi connectivity index (χ2v) is 6.04. The van der Waals surface area contributed by atoms with Crippen LogP contribution in [0.2, 0.25) is 0 Å². The molecular weight excluding hydrogens is 320 g/mol. The van der Waals surface area contributed by atoms with Gasteiger partial charge >= 0.3 is 0 Å². The predicted molar refractivity (Wildman–Crippen MR) is 92.4 cm³/mol. The van der Waals surface area contributed by atoms with Gasteiger partial charge in [-0.15, -0.1) is 0 Å². The van der Waals surface area contributed by atoms with Crippen LogP contribution in [0.3, 0.4) is 0 Å². The lowest BCUT2D eigenvalue weighted by Crippen LogP contribution is -2.37. The Balaban J connectivity index is 1.58. The fourth-order valence-electron chi connectivity index (χ4n) is 2.99. The summed E-state index contributed by atoms with van der Waals surface area (Å²) in [5.74, 6) is 0.778. The maximum atomic E-state index is 12.6. The fourth-order valence-corrected chi connectivity index (χ4v) is 2.99. The van der Waals surface area contributed by atoms with Crippen molar-refractivity contribution in [3.8, 4) is 5.75 Å². The van der Waals surface area contributed by atoms with E-state index in [-0.39, 0.29) is 11.8 Å². The van der Waals surface area contributed by atoms with E-state index in [1.165, 1.54) is 6.20 Å². The Hall–Kier alpha value is -2.83. The van der Waals surface area contributed by atoms with Crippen molar-refractivity contribution in [3.05, 3.63) is 47.8 Å². The van der Waals surface area contributed by atoms with Crippen LogP contribution in [-0.2, 0) is 11.2 Å². The third-order valence-electron chi connectivity index (χ3n) is 4.37. The summed E-state index contributed by atoms with van der Waals surface area (Å²) in [6.45, 7) is 2.39. The lowest BCUT2D eigenvalue weighted by Gasteiger charge is -2.22. The van der Waals surface area contributed by atoms with Gasteiger partial charge in [0.2, 0.25) is 5.91 Å². The van der Waals surface area contributed by atoms with E-state index in [1.54, 1.807) is 18.2 Å². The maximum absolute atomic E-state index is 12.6. The van der Waals surface area contributed by atoms with Crippen molar-refractivity contribution in [3.63, 3.8) is 0 Å². The first kappa shape index (κ1) is 17.0. The minimum absolute atomic E-state index is 0.0455. The molecule has 2 aromatic rings. The van der Waals surface area contributed by atoms with E-state index in [0.29, 0.717) is 38.2 Å². The molecule has 132 valence electrons. The molecule has 1 aliphatic rings. The first-order chi connectivity index (χ1) is 12.2. The molecule has 0 saturated carbocycles. The van der Waals surface area contributed by atoms with Crippen molar-refractivity contribution in [2.45, 2.75) is 12.8 Å². The summed E-state index contributed by atoms with van der Waals surface area (Å²) in [5.41, 5.74) is 1.48. The number of H-pyrrole nitrogens is 1. The number of benzene rings is 1. The molecule has 7 nitrogen and oxygen atoms in total. The summed E-state index contributed by atoms with van der Waals surface area (Å²) >= 11 is 0. The highest BCUT2D eigenvalue weighted by Crippen LogP contribution is 2.15. The van der Waals surface area contributed by atoms with E-state index in [0.717, 1.165) is 17.7 Å². The van der Waals surface area contributed by atoms with Gasteiger partial charge in [0.15, 0.2) is 0 Å². The Morgan fingerprint density at radius 1 is 1.20 bits per heavy atom. The van der Waals surface area contributed by atoms with Crippen LogP contribution >= 0.6 is 0 Å². The normalized spacial score (nSPS) is 14.9. The van der Waals surface area contributed by atoms with E-state index in [2.05, 4.69) is 10.2 Å². The van der Waals surface area contributed by atoms with Gasteiger partial charge in [-0.25, -0.2) is 0 Å². The van der Waals surface area contributed by atoms with E-state index >= 15 is 0 Å². The molecule has 2 heterocycles. The number of amides is 2. The Bertz CT molecular complexity index is 730.